The fourth-order valence-corrected chi connectivity index (χ4v) is 3.65. The number of alkyl halides is 2. The van der Waals surface area contributed by atoms with Crippen LogP contribution in [0.3, 0.4) is 0 Å². The Hall–Kier alpha value is -1.42. The van der Waals surface area contributed by atoms with Crippen molar-refractivity contribution in [3.8, 4) is 0 Å². The van der Waals surface area contributed by atoms with Crippen molar-refractivity contribution in [1.82, 2.24) is 0 Å². The van der Waals surface area contributed by atoms with Gasteiger partial charge in [0.25, 0.3) is 0 Å². The van der Waals surface area contributed by atoms with Gasteiger partial charge in [-0.25, -0.2) is 0 Å². The quantitative estimate of drug-likeness (QED) is 0.501. The van der Waals surface area contributed by atoms with Gasteiger partial charge in [0.05, 0.1) is 11.8 Å². The molecule has 0 spiro atoms. The molecule has 0 saturated heterocycles. The third-order valence-corrected chi connectivity index (χ3v) is 4.99. The lowest BCUT2D eigenvalue weighted by atomic mass is 10.0. The average Bonchev–Trinajstić information content (AvgIpc) is 2.90. The van der Waals surface area contributed by atoms with Gasteiger partial charge in [-0.1, -0.05) is 0 Å². The molecule has 0 unspecified atom stereocenters. The molecule has 2 aromatic carbocycles. The summed E-state index contributed by atoms with van der Waals surface area (Å²) in [5.74, 6) is -0.288. The van der Waals surface area contributed by atoms with Crippen molar-refractivity contribution in [3.63, 3.8) is 0 Å². The molecule has 3 rings (SSSR count). The van der Waals surface area contributed by atoms with Gasteiger partial charge in [0, 0.05) is 31.3 Å². The molecule has 1 aromatic heterocycles. The summed E-state index contributed by atoms with van der Waals surface area (Å²) in [7, 11) is 0. The molecule has 0 aliphatic rings. The van der Waals surface area contributed by atoms with Crippen LogP contribution < -0.4 is 0 Å². The number of benzene rings is 2. The molecule has 0 N–H and O–H groups in total. The molecule has 0 saturated carbocycles. The first-order chi connectivity index (χ1) is 10.1. The van der Waals surface area contributed by atoms with Gasteiger partial charge < -0.3 is 0 Å². The van der Waals surface area contributed by atoms with Crippen molar-refractivity contribution >= 4 is 66.3 Å². The number of hydrogen-bond acceptors (Lipinski definition) is 3. The average molecular weight is 337 g/mol. The van der Waals surface area contributed by atoms with Crippen LogP contribution in [0, 0.1) is 0 Å². The van der Waals surface area contributed by atoms with Crippen molar-refractivity contribution in [1.29, 1.82) is 0 Å². The Bertz CT molecular complexity index is 797. The molecule has 0 radical (unpaired) electrons. The fourth-order valence-electron chi connectivity index (χ4n) is 2.28. The Kier molecular flexibility index (Phi) is 3.98. The van der Waals surface area contributed by atoms with Gasteiger partial charge in [-0.3, -0.25) is 9.59 Å². The van der Waals surface area contributed by atoms with Crippen molar-refractivity contribution in [2.45, 2.75) is 0 Å². The van der Waals surface area contributed by atoms with E-state index >= 15 is 0 Å². The van der Waals surface area contributed by atoms with Gasteiger partial charge in [-0.05, 0) is 36.4 Å². The maximum absolute atomic E-state index is 11.7. The zero-order valence-corrected chi connectivity index (χ0v) is 13.2. The summed E-state index contributed by atoms with van der Waals surface area (Å²) >= 11 is 12.8. The predicted molar refractivity (Wildman–Crippen MR) is 89.4 cm³/mol. The zero-order valence-electron chi connectivity index (χ0n) is 10.9. The Balaban J connectivity index is 2.25. The minimum absolute atomic E-state index is 0.0381. The minimum atomic E-state index is -0.106. The van der Waals surface area contributed by atoms with Crippen molar-refractivity contribution in [2.75, 3.05) is 11.8 Å². The fraction of sp³-hybridized carbons (Fsp3) is 0.125. The molecule has 0 aliphatic carbocycles. The molecular formula is C16H10Cl2O2S. The molecule has 2 nitrogen and oxygen atoms in total. The maximum Gasteiger partial charge on any atom is 0.177 e. The largest absolute Gasteiger partial charge is 0.293 e. The summed E-state index contributed by atoms with van der Waals surface area (Å²) < 4.78 is 2.15. The van der Waals surface area contributed by atoms with E-state index in [-0.39, 0.29) is 23.3 Å². The van der Waals surface area contributed by atoms with Crippen LogP contribution in [0.2, 0.25) is 0 Å². The Labute approximate surface area is 135 Å². The van der Waals surface area contributed by atoms with E-state index in [1.54, 1.807) is 23.5 Å². The number of halogens is 2. The van der Waals surface area contributed by atoms with Gasteiger partial charge in [-0.2, -0.15) is 0 Å². The molecule has 1 heterocycles. The first kappa shape index (κ1) is 14.5. The highest BCUT2D eigenvalue weighted by atomic mass is 35.5. The van der Waals surface area contributed by atoms with Crippen LogP contribution in [0.15, 0.2) is 36.4 Å². The van der Waals surface area contributed by atoms with E-state index < -0.39 is 0 Å². The predicted octanol–water partition coefficient (Wildman–Crippen LogP) is 4.90. The Morgan fingerprint density at radius 1 is 0.810 bits per heavy atom. The molecule has 0 fully saturated rings. The molecule has 106 valence electrons. The third kappa shape index (κ3) is 2.57. The van der Waals surface area contributed by atoms with Crippen LogP contribution in [0.25, 0.3) is 20.2 Å². The summed E-state index contributed by atoms with van der Waals surface area (Å²) in [6, 6.07) is 11.1. The molecule has 0 amide bonds. The maximum atomic E-state index is 11.7. The third-order valence-electron chi connectivity index (χ3n) is 3.36. The van der Waals surface area contributed by atoms with Crippen LogP contribution in [-0.2, 0) is 0 Å². The summed E-state index contributed by atoms with van der Waals surface area (Å²) in [6.45, 7) is 0. The summed E-state index contributed by atoms with van der Waals surface area (Å²) in [5, 5.41) is 1.94. The molecule has 0 bridgehead atoms. The van der Waals surface area contributed by atoms with E-state index in [1.165, 1.54) is 0 Å². The van der Waals surface area contributed by atoms with Crippen LogP contribution in [0.1, 0.15) is 20.7 Å². The summed E-state index contributed by atoms with van der Waals surface area (Å²) in [5.41, 5.74) is 1.18. The van der Waals surface area contributed by atoms with Crippen molar-refractivity contribution < 1.29 is 9.59 Å². The lowest BCUT2D eigenvalue weighted by molar-refractivity contribution is 0.101. The van der Waals surface area contributed by atoms with Crippen LogP contribution in [-0.4, -0.2) is 23.3 Å². The molecular weight excluding hydrogens is 327 g/mol. The monoisotopic (exact) mass is 336 g/mol. The highest BCUT2D eigenvalue weighted by molar-refractivity contribution is 7.25. The van der Waals surface area contributed by atoms with E-state index in [1.807, 2.05) is 24.3 Å². The van der Waals surface area contributed by atoms with E-state index in [9.17, 15) is 9.59 Å². The van der Waals surface area contributed by atoms with E-state index in [0.717, 1.165) is 20.2 Å². The van der Waals surface area contributed by atoms with E-state index in [4.69, 9.17) is 23.2 Å². The Morgan fingerprint density at radius 2 is 1.24 bits per heavy atom. The van der Waals surface area contributed by atoms with Crippen LogP contribution >= 0.6 is 34.5 Å². The lowest BCUT2D eigenvalue weighted by Crippen LogP contribution is -2.00. The highest BCUT2D eigenvalue weighted by Gasteiger charge is 2.12. The smallest absolute Gasteiger partial charge is 0.177 e. The number of Topliss-reactive ketones (excluding diaryl/α,β-unsaturated/α-hetero) is 2. The topological polar surface area (TPSA) is 34.1 Å². The van der Waals surface area contributed by atoms with Crippen LogP contribution in [0.5, 0.6) is 0 Å². The van der Waals surface area contributed by atoms with Crippen molar-refractivity contribution in [2.24, 2.45) is 0 Å². The molecule has 0 aliphatic heterocycles. The second-order valence-electron chi connectivity index (χ2n) is 4.64. The number of ketones is 2. The molecule has 3 aromatic rings. The van der Waals surface area contributed by atoms with Gasteiger partial charge in [-0.15, -0.1) is 34.5 Å². The van der Waals surface area contributed by atoms with Gasteiger partial charge in [0.15, 0.2) is 11.6 Å². The SMILES string of the molecule is O=C(CCl)c1ccc2sc3ccc(C(=O)CCl)cc3c2c1. The zero-order chi connectivity index (χ0) is 15.0. The highest BCUT2D eigenvalue weighted by Crippen LogP contribution is 2.35. The van der Waals surface area contributed by atoms with Gasteiger partial charge >= 0.3 is 0 Å². The Morgan fingerprint density at radius 3 is 1.62 bits per heavy atom. The van der Waals surface area contributed by atoms with Crippen LogP contribution in [0.4, 0.5) is 0 Å². The summed E-state index contributed by atoms with van der Waals surface area (Å²) in [4.78, 5) is 23.5. The number of rotatable bonds is 4. The number of fused-ring (bicyclic) bond motifs is 3. The lowest BCUT2D eigenvalue weighted by Gasteiger charge is -1.99. The number of hydrogen-bond donors (Lipinski definition) is 0. The summed E-state index contributed by atoms with van der Waals surface area (Å²) in [6.07, 6.45) is 0. The number of carbonyl (C=O) groups excluding carboxylic acids is 2. The number of carbonyl (C=O) groups is 2. The second kappa shape index (κ2) is 5.76. The molecule has 5 heteroatoms. The minimum Gasteiger partial charge on any atom is -0.293 e. The van der Waals surface area contributed by atoms with Gasteiger partial charge in [0.2, 0.25) is 0 Å². The standard InChI is InChI=1S/C16H10Cl2O2S/c17-7-13(19)9-1-3-15-11(5-9)12-6-10(14(20)8-18)2-4-16(12)21-15/h1-6H,7-8H2. The van der Waals surface area contributed by atoms with Gasteiger partial charge in [0.1, 0.15) is 0 Å². The molecule has 21 heavy (non-hydrogen) atoms. The van der Waals surface area contributed by atoms with E-state index in [2.05, 4.69) is 0 Å². The second-order valence-corrected chi connectivity index (χ2v) is 6.26. The normalized spacial score (nSPS) is 11.1. The first-order valence-corrected chi connectivity index (χ1v) is 8.17. The molecule has 0 atom stereocenters. The van der Waals surface area contributed by atoms with Crippen molar-refractivity contribution in [3.05, 3.63) is 47.5 Å². The first-order valence-electron chi connectivity index (χ1n) is 6.28. The van der Waals surface area contributed by atoms with E-state index in [0.29, 0.717) is 11.1 Å². The number of thiophene rings is 1.